The summed E-state index contributed by atoms with van der Waals surface area (Å²) in [6.07, 6.45) is 0. The van der Waals surface area contributed by atoms with Crippen molar-refractivity contribution in [2.24, 2.45) is 11.1 Å². The number of benzene rings is 1. The molecule has 0 fully saturated rings. The molecule has 2 rings (SSSR count). The van der Waals surface area contributed by atoms with Gasteiger partial charge in [-0.2, -0.15) is 5.26 Å². The lowest BCUT2D eigenvalue weighted by molar-refractivity contribution is 0.174. The molecular weight excluding hydrogens is 216 g/mol. The second kappa shape index (κ2) is 3.94. The van der Waals surface area contributed by atoms with Crippen molar-refractivity contribution in [2.45, 2.75) is 26.8 Å². The molecule has 1 aromatic rings. The Morgan fingerprint density at radius 2 is 1.94 bits per heavy atom. The van der Waals surface area contributed by atoms with Gasteiger partial charge >= 0.3 is 0 Å². The zero-order valence-electron chi connectivity index (χ0n) is 10.3. The lowest BCUT2D eigenvalue weighted by Gasteiger charge is -2.26. The molecule has 1 aromatic carbocycles. The smallest absolute Gasteiger partial charge is 0.231 e. The van der Waals surface area contributed by atoms with Crippen molar-refractivity contribution in [2.75, 3.05) is 6.79 Å². The lowest BCUT2D eigenvalue weighted by atomic mass is 9.81. The maximum Gasteiger partial charge on any atom is 0.231 e. The zero-order valence-corrected chi connectivity index (χ0v) is 10.3. The van der Waals surface area contributed by atoms with Gasteiger partial charge in [0.25, 0.3) is 0 Å². The summed E-state index contributed by atoms with van der Waals surface area (Å²) in [7, 11) is 0. The zero-order chi connectivity index (χ0) is 12.6. The summed E-state index contributed by atoms with van der Waals surface area (Å²) >= 11 is 0. The first-order chi connectivity index (χ1) is 7.95. The molecule has 1 atom stereocenters. The average Bonchev–Trinajstić information content (AvgIpc) is 2.73. The largest absolute Gasteiger partial charge is 0.454 e. The highest BCUT2D eigenvalue weighted by Crippen LogP contribution is 2.40. The number of hydrogen-bond donors (Lipinski definition) is 1. The Morgan fingerprint density at radius 1 is 1.35 bits per heavy atom. The molecule has 0 aliphatic carbocycles. The number of nitriles is 1. The quantitative estimate of drug-likeness (QED) is 0.849. The first-order valence-electron chi connectivity index (χ1n) is 5.52. The molecule has 4 heteroatoms. The Kier molecular flexibility index (Phi) is 2.72. The van der Waals surface area contributed by atoms with Crippen LogP contribution >= 0.6 is 0 Å². The Hall–Kier alpha value is -1.73. The van der Waals surface area contributed by atoms with Crippen molar-refractivity contribution in [1.82, 2.24) is 0 Å². The van der Waals surface area contributed by atoms with E-state index in [1.807, 2.05) is 32.9 Å². The molecule has 1 heterocycles. The van der Waals surface area contributed by atoms with E-state index in [9.17, 15) is 0 Å². The van der Waals surface area contributed by atoms with Gasteiger partial charge < -0.3 is 15.2 Å². The van der Waals surface area contributed by atoms with E-state index in [0.717, 1.165) is 16.9 Å². The average molecular weight is 232 g/mol. The number of rotatable bonds is 2. The van der Waals surface area contributed by atoms with Crippen LogP contribution < -0.4 is 15.2 Å². The van der Waals surface area contributed by atoms with Crippen LogP contribution in [0.4, 0.5) is 0 Å². The predicted octanol–water partition coefficient (Wildman–Crippen LogP) is 2.27. The van der Waals surface area contributed by atoms with Crippen LogP contribution in [0.1, 0.15) is 31.0 Å². The van der Waals surface area contributed by atoms with Crippen molar-refractivity contribution in [3.63, 3.8) is 0 Å². The maximum absolute atomic E-state index is 9.12. The Labute approximate surface area is 101 Å². The van der Waals surface area contributed by atoms with Gasteiger partial charge in [0.15, 0.2) is 11.5 Å². The van der Waals surface area contributed by atoms with Crippen molar-refractivity contribution >= 4 is 0 Å². The van der Waals surface area contributed by atoms with E-state index >= 15 is 0 Å². The number of hydrogen-bond acceptors (Lipinski definition) is 4. The van der Waals surface area contributed by atoms with Crippen LogP contribution in [0.5, 0.6) is 11.5 Å². The van der Waals surface area contributed by atoms with Crippen LogP contribution in [0.3, 0.4) is 0 Å². The molecule has 17 heavy (non-hydrogen) atoms. The highest BCUT2D eigenvalue weighted by molar-refractivity contribution is 5.49. The molecule has 1 aliphatic rings. The Balaban J connectivity index is 2.44. The van der Waals surface area contributed by atoms with Crippen LogP contribution in [0.2, 0.25) is 0 Å². The van der Waals surface area contributed by atoms with E-state index in [1.165, 1.54) is 0 Å². The van der Waals surface area contributed by atoms with Gasteiger partial charge in [-0.1, -0.05) is 0 Å². The fraction of sp³-hybridized carbons (Fsp3) is 0.462. The SMILES string of the molecule is Cc1cc2c(cc1C(N)C(C)(C)C#N)OCO2. The summed E-state index contributed by atoms with van der Waals surface area (Å²) in [5, 5.41) is 9.12. The molecule has 2 N–H and O–H groups in total. The highest BCUT2D eigenvalue weighted by atomic mass is 16.7. The normalized spacial score (nSPS) is 15.5. The summed E-state index contributed by atoms with van der Waals surface area (Å²) in [4.78, 5) is 0. The Bertz CT molecular complexity index is 489. The lowest BCUT2D eigenvalue weighted by Crippen LogP contribution is -2.28. The third-order valence-corrected chi connectivity index (χ3v) is 3.16. The molecule has 0 saturated carbocycles. The summed E-state index contributed by atoms with van der Waals surface area (Å²) in [6.45, 7) is 5.88. The topological polar surface area (TPSA) is 68.3 Å². The molecule has 0 saturated heterocycles. The van der Waals surface area contributed by atoms with Crippen LogP contribution in [0.25, 0.3) is 0 Å². The standard InChI is InChI=1S/C13H16N2O2/c1-8-4-10-11(17-7-16-10)5-9(8)12(15)13(2,3)6-14/h4-5,12H,7,15H2,1-3H3. The number of nitrogens with two attached hydrogens (primary N) is 1. The van der Waals surface area contributed by atoms with E-state index in [4.69, 9.17) is 20.5 Å². The van der Waals surface area contributed by atoms with Crippen LogP contribution in [0.15, 0.2) is 12.1 Å². The van der Waals surface area contributed by atoms with Gasteiger partial charge in [0.1, 0.15) is 0 Å². The van der Waals surface area contributed by atoms with E-state index in [0.29, 0.717) is 5.75 Å². The van der Waals surface area contributed by atoms with Gasteiger partial charge in [-0.3, -0.25) is 0 Å². The fourth-order valence-electron chi connectivity index (χ4n) is 1.85. The Morgan fingerprint density at radius 3 is 2.53 bits per heavy atom. The number of aryl methyl sites for hydroxylation is 1. The van der Waals surface area contributed by atoms with Crippen molar-refractivity contribution in [3.05, 3.63) is 23.3 Å². The van der Waals surface area contributed by atoms with Gasteiger partial charge in [-0.25, -0.2) is 0 Å². The van der Waals surface area contributed by atoms with Gasteiger partial charge in [0, 0.05) is 6.04 Å². The number of nitrogens with zero attached hydrogens (tertiary/aromatic N) is 1. The number of ether oxygens (including phenoxy) is 2. The van der Waals surface area contributed by atoms with Crippen LogP contribution in [-0.4, -0.2) is 6.79 Å². The molecule has 1 aliphatic heterocycles. The maximum atomic E-state index is 9.12. The predicted molar refractivity (Wildman–Crippen MR) is 63.6 cm³/mol. The van der Waals surface area contributed by atoms with Gasteiger partial charge in [-0.05, 0) is 44.0 Å². The molecule has 0 radical (unpaired) electrons. The second-order valence-corrected chi connectivity index (χ2v) is 4.87. The molecule has 90 valence electrons. The molecule has 4 nitrogen and oxygen atoms in total. The van der Waals surface area contributed by atoms with Crippen molar-refractivity contribution in [1.29, 1.82) is 5.26 Å². The van der Waals surface area contributed by atoms with Crippen LogP contribution in [-0.2, 0) is 0 Å². The molecule has 0 amide bonds. The van der Waals surface area contributed by atoms with Gasteiger partial charge in [0.05, 0.1) is 11.5 Å². The fourth-order valence-corrected chi connectivity index (χ4v) is 1.85. The van der Waals surface area contributed by atoms with Crippen molar-refractivity contribution in [3.8, 4) is 17.6 Å². The molecular formula is C13H16N2O2. The van der Waals surface area contributed by atoms with Gasteiger partial charge in [0.2, 0.25) is 6.79 Å². The molecule has 0 aromatic heterocycles. The first kappa shape index (κ1) is 11.7. The third-order valence-electron chi connectivity index (χ3n) is 3.16. The third kappa shape index (κ3) is 1.94. The summed E-state index contributed by atoms with van der Waals surface area (Å²) in [5.74, 6) is 1.45. The minimum atomic E-state index is -0.613. The van der Waals surface area contributed by atoms with E-state index in [-0.39, 0.29) is 12.8 Å². The molecule has 1 unspecified atom stereocenters. The second-order valence-electron chi connectivity index (χ2n) is 4.87. The monoisotopic (exact) mass is 232 g/mol. The van der Waals surface area contributed by atoms with E-state index in [1.54, 1.807) is 0 Å². The van der Waals surface area contributed by atoms with E-state index < -0.39 is 5.41 Å². The minimum Gasteiger partial charge on any atom is -0.454 e. The van der Waals surface area contributed by atoms with Crippen LogP contribution in [0, 0.1) is 23.7 Å². The van der Waals surface area contributed by atoms with E-state index in [2.05, 4.69) is 6.07 Å². The molecule has 0 spiro atoms. The first-order valence-corrected chi connectivity index (χ1v) is 5.52. The van der Waals surface area contributed by atoms with Crippen molar-refractivity contribution < 1.29 is 9.47 Å². The van der Waals surface area contributed by atoms with Gasteiger partial charge in [-0.15, -0.1) is 0 Å². The molecule has 0 bridgehead atoms. The summed E-state index contributed by atoms with van der Waals surface area (Å²) in [5.41, 5.74) is 7.50. The summed E-state index contributed by atoms with van der Waals surface area (Å²) in [6, 6.07) is 5.68. The number of fused-ring (bicyclic) bond motifs is 1. The summed E-state index contributed by atoms with van der Waals surface area (Å²) < 4.78 is 10.6. The highest BCUT2D eigenvalue weighted by Gasteiger charge is 2.30. The minimum absolute atomic E-state index is 0.245.